The van der Waals surface area contributed by atoms with Gasteiger partial charge in [-0.1, -0.05) is 5.10 Å². The summed E-state index contributed by atoms with van der Waals surface area (Å²) in [6.07, 6.45) is 0.825. The number of rotatable bonds is 3. The third kappa shape index (κ3) is 3.52. The normalized spacial score (nSPS) is 16.1. The number of benzene rings is 1. The van der Waals surface area contributed by atoms with Gasteiger partial charge in [0.1, 0.15) is 0 Å². The predicted molar refractivity (Wildman–Crippen MR) is 86.0 cm³/mol. The molecule has 0 saturated carbocycles. The maximum absolute atomic E-state index is 9.65. The van der Waals surface area contributed by atoms with Gasteiger partial charge in [-0.3, -0.25) is 0 Å². The molecule has 122 valence electrons. The largest absolute Gasteiger partial charge is 0.504 e. The Morgan fingerprint density at radius 3 is 2.73 bits per heavy atom. The molecule has 0 radical (unpaired) electrons. The minimum Gasteiger partial charge on any atom is -0.504 e. The maximum atomic E-state index is 9.65. The lowest BCUT2D eigenvalue weighted by atomic mass is 9.93. The Bertz CT molecular complexity index is 636. The van der Waals surface area contributed by atoms with Crippen molar-refractivity contribution in [2.75, 3.05) is 18.4 Å². The minimum absolute atomic E-state index is 0. The Hall–Kier alpha value is -1.77. The van der Waals surface area contributed by atoms with E-state index in [0.29, 0.717) is 12.5 Å². The quantitative estimate of drug-likeness (QED) is 0.606. The van der Waals surface area contributed by atoms with Gasteiger partial charge >= 0.3 is 0 Å². The highest BCUT2D eigenvalue weighted by Gasteiger charge is 2.22. The highest BCUT2D eigenvalue weighted by atomic mass is 35.5. The van der Waals surface area contributed by atoms with E-state index in [9.17, 15) is 10.2 Å². The SMILES string of the molecule is Cl.Cl.Cn1nnnc1NCC1NCCc2cc(O)c(O)cc21. The van der Waals surface area contributed by atoms with E-state index in [1.54, 1.807) is 23.9 Å². The van der Waals surface area contributed by atoms with Crippen molar-refractivity contribution in [2.45, 2.75) is 12.5 Å². The van der Waals surface area contributed by atoms with Crippen molar-refractivity contribution in [3.63, 3.8) is 0 Å². The fraction of sp³-hybridized carbons (Fsp3) is 0.417. The van der Waals surface area contributed by atoms with Gasteiger partial charge in [0.2, 0.25) is 5.95 Å². The lowest BCUT2D eigenvalue weighted by molar-refractivity contribution is 0.399. The third-order valence-corrected chi connectivity index (χ3v) is 3.48. The molecule has 0 fully saturated rings. The first kappa shape index (κ1) is 18.3. The number of fused-ring (bicyclic) bond motifs is 1. The maximum Gasteiger partial charge on any atom is 0.242 e. The van der Waals surface area contributed by atoms with Crippen molar-refractivity contribution in [3.8, 4) is 11.5 Å². The summed E-state index contributed by atoms with van der Waals surface area (Å²) in [5.41, 5.74) is 2.02. The van der Waals surface area contributed by atoms with Crippen molar-refractivity contribution in [2.24, 2.45) is 7.05 Å². The Balaban J connectivity index is 0.00000121. The molecule has 0 spiro atoms. The summed E-state index contributed by atoms with van der Waals surface area (Å²) in [4.78, 5) is 0. The van der Waals surface area contributed by atoms with Gasteiger partial charge in [0.15, 0.2) is 11.5 Å². The van der Waals surface area contributed by atoms with E-state index in [4.69, 9.17) is 0 Å². The molecular formula is C12H18Cl2N6O2. The molecule has 2 aromatic rings. The van der Waals surface area contributed by atoms with Crippen molar-refractivity contribution < 1.29 is 10.2 Å². The minimum atomic E-state index is -0.0993. The summed E-state index contributed by atoms with van der Waals surface area (Å²) in [5, 5.41) is 36.9. The van der Waals surface area contributed by atoms with Gasteiger partial charge in [0.05, 0.1) is 6.04 Å². The van der Waals surface area contributed by atoms with Gasteiger partial charge in [0, 0.05) is 13.6 Å². The molecule has 1 aliphatic rings. The number of hydrogen-bond donors (Lipinski definition) is 4. The van der Waals surface area contributed by atoms with E-state index >= 15 is 0 Å². The van der Waals surface area contributed by atoms with E-state index in [1.807, 2.05) is 0 Å². The average Bonchev–Trinajstić information content (AvgIpc) is 2.83. The lowest BCUT2D eigenvalue weighted by Gasteiger charge is -2.27. The Labute approximate surface area is 139 Å². The van der Waals surface area contributed by atoms with E-state index in [1.165, 1.54) is 0 Å². The van der Waals surface area contributed by atoms with Gasteiger partial charge in [-0.05, 0) is 46.7 Å². The number of aromatic hydroxyl groups is 2. The number of aryl methyl sites for hydroxylation is 1. The van der Waals surface area contributed by atoms with Gasteiger partial charge < -0.3 is 20.8 Å². The summed E-state index contributed by atoms with van der Waals surface area (Å²) in [7, 11) is 1.76. The van der Waals surface area contributed by atoms with Crippen molar-refractivity contribution >= 4 is 30.8 Å². The van der Waals surface area contributed by atoms with E-state index < -0.39 is 0 Å². The second kappa shape index (κ2) is 7.48. The van der Waals surface area contributed by atoms with Crippen LogP contribution in [0.1, 0.15) is 17.2 Å². The van der Waals surface area contributed by atoms with Gasteiger partial charge in [0.25, 0.3) is 0 Å². The Morgan fingerprint density at radius 2 is 2.05 bits per heavy atom. The molecule has 1 aromatic carbocycles. The molecule has 0 saturated heterocycles. The van der Waals surface area contributed by atoms with Gasteiger partial charge in [-0.25, -0.2) is 4.68 Å². The number of halogens is 2. The average molecular weight is 349 g/mol. The van der Waals surface area contributed by atoms with Crippen molar-refractivity contribution in [1.29, 1.82) is 0 Å². The molecule has 1 aromatic heterocycles. The van der Waals surface area contributed by atoms with E-state index in [0.717, 1.165) is 24.1 Å². The molecule has 0 aliphatic carbocycles. The number of tetrazole rings is 1. The molecule has 0 bridgehead atoms. The number of aromatic nitrogens is 4. The first-order valence-corrected chi connectivity index (χ1v) is 6.39. The summed E-state index contributed by atoms with van der Waals surface area (Å²) in [6.45, 7) is 1.41. The zero-order chi connectivity index (χ0) is 14.1. The van der Waals surface area contributed by atoms with Crippen LogP contribution in [0.25, 0.3) is 0 Å². The highest BCUT2D eigenvalue weighted by molar-refractivity contribution is 5.85. The fourth-order valence-electron chi connectivity index (χ4n) is 2.42. The molecule has 8 nitrogen and oxygen atoms in total. The first-order chi connectivity index (χ1) is 9.65. The number of nitrogens with one attached hydrogen (secondary N) is 2. The van der Waals surface area contributed by atoms with Crippen LogP contribution < -0.4 is 10.6 Å². The molecule has 3 rings (SSSR count). The van der Waals surface area contributed by atoms with Crippen LogP contribution in [0.15, 0.2) is 12.1 Å². The molecule has 10 heteroatoms. The molecule has 1 atom stereocenters. The van der Waals surface area contributed by atoms with Crippen LogP contribution in [0.3, 0.4) is 0 Å². The Morgan fingerprint density at radius 1 is 1.32 bits per heavy atom. The summed E-state index contributed by atoms with van der Waals surface area (Å²) in [5.74, 6) is 0.412. The van der Waals surface area contributed by atoms with Crippen LogP contribution in [-0.2, 0) is 13.5 Å². The zero-order valence-electron chi connectivity index (χ0n) is 11.9. The monoisotopic (exact) mass is 348 g/mol. The van der Waals surface area contributed by atoms with Crippen LogP contribution in [0.5, 0.6) is 11.5 Å². The summed E-state index contributed by atoms with van der Waals surface area (Å²) >= 11 is 0. The standard InChI is InChI=1S/C12H16N6O2.2ClH/c1-18-12(15-16-17-18)14-6-9-8-5-11(20)10(19)4-7(8)2-3-13-9;;/h4-5,9,13,19-20H,2-3,6H2,1H3,(H,14,15,17);2*1H. The molecular weight excluding hydrogens is 331 g/mol. The second-order valence-corrected chi connectivity index (χ2v) is 4.80. The number of phenolic OH excluding ortho intramolecular Hbond substituents is 2. The molecule has 22 heavy (non-hydrogen) atoms. The van der Waals surface area contributed by atoms with Crippen LogP contribution in [-0.4, -0.2) is 43.5 Å². The number of nitrogens with zero attached hydrogens (tertiary/aromatic N) is 4. The van der Waals surface area contributed by atoms with Gasteiger partial charge in [-0.2, -0.15) is 0 Å². The summed E-state index contributed by atoms with van der Waals surface area (Å²) in [6, 6.07) is 3.27. The molecule has 1 aliphatic heterocycles. The van der Waals surface area contributed by atoms with Crippen molar-refractivity contribution in [1.82, 2.24) is 25.5 Å². The van der Waals surface area contributed by atoms with Crippen molar-refractivity contribution in [3.05, 3.63) is 23.3 Å². The molecule has 2 heterocycles. The smallest absolute Gasteiger partial charge is 0.242 e. The Kier molecular flexibility index (Phi) is 6.21. The first-order valence-electron chi connectivity index (χ1n) is 6.39. The van der Waals surface area contributed by atoms with Crippen LogP contribution in [0.4, 0.5) is 5.95 Å². The molecule has 0 amide bonds. The highest BCUT2D eigenvalue weighted by Crippen LogP contribution is 2.33. The number of phenols is 2. The lowest BCUT2D eigenvalue weighted by Crippen LogP contribution is -2.34. The topological polar surface area (TPSA) is 108 Å². The fourth-order valence-corrected chi connectivity index (χ4v) is 2.42. The van der Waals surface area contributed by atoms with E-state index in [2.05, 4.69) is 26.2 Å². The summed E-state index contributed by atoms with van der Waals surface area (Å²) < 4.78 is 1.55. The molecule has 1 unspecified atom stereocenters. The van der Waals surface area contributed by atoms with Gasteiger partial charge in [-0.15, -0.1) is 24.8 Å². The number of hydrogen-bond acceptors (Lipinski definition) is 7. The van der Waals surface area contributed by atoms with Crippen LogP contribution in [0.2, 0.25) is 0 Å². The van der Waals surface area contributed by atoms with Crippen LogP contribution >= 0.6 is 24.8 Å². The molecule has 4 N–H and O–H groups in total. The van der Waals surface area contributed by atoms with E-state index in [-0.39, 0.29) is 42.4 Å². The number of anilines is 1. The zero-order valence-corrected chi connectivity index (χ0v) is 13.5. The third-order valence-electron chi connectivity index (χ3n) is 3.48. The second-order valence-electron chi connectivity index (χ2n) is 4.80. The predicted octanol–water partition coefficient (Wildman–Crippen LogP) is 0.764. The van der Waals surface area contributed by atoms with Crippen LogP contribution in [0, 0.1) is 0 Å².